The van der Waals surface area contributed by atoms with Crippen molar-refractivity contribution in [3.05, 3.63) is 35.4 Å². The normalized spacial score (nSPS) is 31.6. The lowest BCUT2D eigenvalue weighted by atomic mass is 9.49. The molecule has 1 N–H and O–H groups in total. The molecule has 4 saturated carbocycles. The minimum Gasteiger partial charge on any atom is -0.272 e. The van der Waals surface area contributed by atoms with Gasteiger partial charge in [-0.3, -0.25) is 15.0 Å². The minimum atomic E-state index is -0.458. The highest BCUT2D eigenvalue weighted by Crippen LogP contribution is 2.60. The van der Waals surface area contributed by atoms with E-state index in [4.69, 9.17) is 0 Å². The summed E-state index contributed by atoms with van der Waals surface area (Å²) in [6.45, 7) is 7.98. The van der Waals surface area contributed by atoms with E-state index in [9.17, 15) is 9.59 Å². The van der Waals surface area contributed by atoms with Crippen molar-refractivity contribution in [1.29, 1.82) is 0 Å². The van der Waals surface area contributed by atoms with Gasteiger partial charge in [-0.1, -0.05) is 17.7 Å². The van der Waals surface area contributed by atoms with Crippen LogP contribution in [-0.2, 0) is 4.79 Å². The van der Waals surface area contributed by atoms with Crippen molar-refractivity contribution in [3.63, 3.8) is 0 Å². The number of carbonyl (C=O) groups is 2. The van der Waals surface area contributed by atoms with E-state index in [-0.39, 0.29) is 17.2 Å². The van der Waals surface area contributed by atoms with Crippen LogP contribution in [0.1, 0.15) is 75.2 Å². The molecule has 4 bridgehead atoms. The van der Waals surface area contributed by atoms with Gasteiger partial charge in [-0.2, -0.15) is 0 Å². The van der Waals surface area contributed by atoms with Crippen molar-refractivity contribution >= 4 is 11.8 Å². The Kier molecular flexibility index (Phi) is 4.36. The summed E-state index contributed by atoms with van der Waals surface area (Å²) >= 11 is 0. The van der Waals surface area contributed by atoms with Crippen LogP contribution < -0.4 is 5.43 Å². The van der Waals surface area contributed by atoms with Gasteiger partial charge in [0.1, 0.15) is 0 Å². The lowest BCUT2D eigenvalue weighted by Gasteiger charge is -2.57. The fraction of sp³-hybridized carbons (Fsp3) is 0.652. The SMILES string of the molecule is Cc1cccc(C(=O)NN(C(=O)C23CC4CC(CC(C4)C2)C3)C(C)(C)C)c1. The molecule has 0 heterocycles. The number of hydrazine groups is 1. The van der Waals surface area contributed by atoms with E-state index < -0.39 is 5.54 Å². The first-order chi connectivity index (χ1) is 12.7. The zero-order chi connectivity index (χ0) is 19.4. The molecule has 0 aromatic heterocycles. The number of amides is 2. The minimum absolute atomic E-state index is 0.134. The number of nitrogens with one attached hydrogen (secondary N) is 1. The lowest BCUT2D eigenvalue weighted by Crippen LogP contribution is -2.63. The molecule has 1 aromatic carbocycles. The van der Waals surface area contributed by atoms with Crippen LogP contribution in [0.4, 0.5) is 0 Å². The first-order valence-corrected chi connectivity index (χ1v) is 10.4. The largest absolute Gasteiger partial charge is 0.272 e. The van der Waals surface area contributed by atoms with Crippen LogP contribution in [0.15, 0.2) is 24.3 Å². The fourth-order valence-electron chi connectivity index (χ4n) is 6.09. The molecule has 0 saturated heterocycles. The van der Waals surface area contributed by atoms with E-state index in [0.717, 1.165) is 24.8 Å². The molecule has 4 aliphatic rings. The van der Waals surface area contributed by atoms with E-state index in [0.29, 0.717) is 23.3 Å². The summed E-state index contributed by atoms with van der Waals surface area (Å²) in [5.41, 5.74) is 3.89. The Labute approximate surface area is 162 Å². The molecule has 27 heavy (non-hydrogen) atoms. The van der Waals surface area contributed by atoms with Gasteiger partial charge in [0, 0.05) is 5.56 Å². The standard InChI is InChI=1S/C23H32N2O2/c1-15-6-5-7-19(8-15)20(26)24-25(22(2,3)4)21(27)23-12-16-9-17(13-23)11-18(10-16)14-23/h5-8,16-18H,9-14H2,1-4H3,(H,24,26). The molecule has 2 amide bonds. The number of carbonyl (C=O) groups excluding carboxylic acids is 2. The molecule has 4 fully saturated rings. The Balaban J connectivity index is 1.59. The van der Waals surface area contributed by atoms with Crippen LogP contribution in [0.3, 0.4) is 0 Å². The van der Waals surface area contributed by atoms with Crippen LogP contribution in [0, 0.1) is 30.1 Å². The maximum atomic E-state index is 13.8. The number of benzene rings is 1. The Morgan fingerprint density at radius 3 is 2.07 bits per heavy atom. The van der Waals surface area contributed by atoms with Crippen LogP contribution in [0.5, 0.6) is 0 Å². The second kappa shape index (κ2) is 6.35. The molecule has 1 aromatic rings. The molecule has 4 heteroatoms. The summed E-state index contributed by atoms with van der Waals surface area (Å²) in [5.74, 6) is 2.04. The average Bonchev–Trinajstić information content (AvgIpc) is 2.56. The molecule has 5 rings (SSSR count). The summed E-state index contributed by atoms with van der Waals surface area (Å²) in [5, 5.41) is 1.64. The number of nitrogens with zero attached hydrogens (tertiary/aromatic N) is 1. The summed E-state index contributed by atoms with van der Waals surface area (Å²) in [7, 11) is 0. The number of hydrogen-bond donors (Lipinski definition) is 1. The zero-order valence-corrected chi connectivity index (χ0v) is 17.0. The van der Waals surface area contributed by atoms with Crippen LogP contribution in [0.25, 0.3) is 0 Å². The molecule has 0 atom stereocenters. The van der Waals surface area contributed by atoms with Gasteiger partial charge in [0.25, 0.3) is 5.91 Å². The third-order valence-corrected chi connectivity index (χ3v) is 6.86. The van der Waals surface area contributed by atoms with E-state index in [1.165, 1.54) is 19.3 Å². The number of rotatable bonds is 2. The van der Waals surface area contributed by atoms with Gasteiger partial charge in [0.15, 0.2) is 0 Å². The fourth-order valence-corrected chi connectivity index (χ4v) is 6.09. The van der Waals surface area contributed by atoms with Gasteiger partial charge >= 0.3 is 0 Å². The zero-order valence-electron chi connectivity index (χ0n) is 17.0. The second-order valence-electron chi connectivity index (χ2n) is 10.3. The van der Waals surface area contributed by atoms with Crippen LogP contribution in [0.2, 0.25) is 0 Å². The molecular formula is C23H32N2O2. The topological polar surface area (TPSA) is 49.4 Å². The van der Waals surface area contributed by atoms with Crippen molar-refractivity contribution in [2.75, 3.05) is 0 Å². The monoisotopic (exact) mass is 368 g/mol. The number of hydrogen-bond acceptors (Lipinski definition) is 2. The van der Waals surface area contributed by atoms with Gasteiger partial charge < -0.3 is 0 Å². The molecule has 0 spiro atoms. The summed E-state index contributed by atoms with van der Waals surface area (Å²) in [4.78, 5) is 26.7. The molecular weight excluding hydrogens is 336 g/mol. The summed E-state index contributed by atoms with van der Waals surface area (Å²) < 4.78 is 0. The number of aryl methyl sites for hydroxylation is 1. The molecule has 0 aliphatic heterocycles. The molecule has 0 radical (unpaired) electrons. The molecule has 0 unspecified atom stereocenters. The molecule has 4 nitrogen and oxygen atoms in total. The van der Waals surface area contributed by atoms with E-state index in [1.54, 1.807) is 11.1 Å². The Morgan fingerprint density at radius 2 is 1.59 bits per heavy atom. The smallest absolute Gasteiger partial charge is 0.269 e. The van der Waals surface area contributed by atoms with Crippen molar-refractivity contribution in [2.45, 2.75) is 71.8 Å². The predicted molar refractivity (Wildman–Crippen MR) is 106 cm³/mol. The first kappa shape index (κ1) is 18.5. The predicted octanol–water partition coefficient (Wildman–Crippen LogP) is 4.48. The van der Waals surface area contributed by atoms with Crippen molar-refractivity contribution in [1.82, 2.24) is 10.4 Å². The van der Waals surface area contributed by atoms with E-state index in [1.807, 2.05) is 45.9 Å². The van der Waals surface area contributed by atoms with E-state index >= 15 is 0 Å². The Hall–Kier alpha value is -1.84. The highest BCUT2D eigenvalue weighted by Gasteiger charge is 2.56. The highest BCUT2D eigenvalue weighted by molar-refractivity contribution is 5.96. The second-order valence-corrected chi connectivity index (χ2v) is 10.3. The lowest BCUT2D eigenvalue weighted by molar-refractivity contribution is -0.166. The Bertz CT molecular complexity index is 727. The van der Waals surface area contributed by atoms with Gasteiger partial charge in [-0.15, -0.1) is 0 Å². The van der Waals surface area contributed by atoms with Crippen molar-refractivity contribution in [2.24, 2.45) is 23.2 Å². The Morgan fingerprint density at radius 1 is 1.04 bits per heavy atom. The van der Waals surface area contributed by atoms with Crippen molar-refractivity contribution in [3.8, 4) is 0 Å². The van der Waals surface area contributed by atoms with Crippen molar-refractivity contribution < 1.29 is 9.59 Å². The molecule has 146 valence electrons. The highest BCUT2D eigenvalue weighted by atomic mass is 16.2. The summed E-state index contributed by atoms with van der Waals surface area (Å²) in [6, 6.07) is 7.52. The molecule has 4 aliphatic carbocycles. The van der Waals surface area contributed by atoms with Gasteiger partial charge in [0.2, 0.25) is 5.91 Å². The maximum absolute atomic E-state index is 13.8. The van der Waals surface area contributed by atoms with Gasteiger partial charge in [0.05, 0.1) is 11.0 Å². The third-order valence-electron chi connectivity index (χ3n) is 6.86. The van der Waals surface area contributed by atoms with Crippen LogP contribution >= 0.6 is 0 Å². The maximum Gasteiger partial charge on any atom is 0.269 e. The first-order valence-electron chi connectivity index (χ1n) is 10.4. The third kappa shape index (κ3) is 3.39. The van der Waals surface area contributed by atoms with Gasteiger partial charge in [-0.05, 0) is 96.1 Å². The van der Waals surface area contributed by atoms with Crippen LogP contribution in [-0.4, -0.2) is 22.4 Å². The quantitative estimate of drug-likeness (QED) is 0.782. The average molecular weight is 369 g/mol. The summed E-state index contributed by atoms with van der Waals surface area (Å²) in [6.07, 6.45) is 6.92. The van der Waals surface area contributed by atoms with Gasteiger partial charge in [-0.25, -0.2) is 5.01 Å². The van der Waals surface area contributed by atoms with E-state index in [2.05, 4.69) is 5.43 Å².